The van der Waals surface area contributed by atoms with E-state index in [0.717, 1.165) is 24.0 Å². The summed E-state index contributed by atoms with van der Waals surface area (Å²) < 4.78 is 26.7. The number of aliphatic imine (C=N–C) groups is 1. The van der Waals surface area contributed by atoms with Gasteiger partial charge in [-0.1, -0.05) is 24.3 Å². The van der Waals surface area contributed by atoms with Crippen LogP contribution in [0.2, 0.25) is 0 Å². The van der Waals surface area contributed by atoms with Crippen LogP contribution in [0.25, 0.3) is 0 Å². The smallest absolute Gasteiger partial charge is 0.216 e. The summed E-state index contributed by atoms with van der Waals surface area (Å²) in [5, 5.41) is 3.12. The Hall–Kier alpha value is -0.870. The van der Waals surface area contributed by atoms with E-state index < -0.39 is 10.0 Å². The Morgan fingerprint density at radius 2 is 1.91 bits per heavy atom. The first-order valence-corrected chi connectivity index (χ1v) is 9.14. The van der Waals surface area contributed by atoms with Gasteiger partial charge in [-0.05, 0) is 37.8 Å². The molecule has 1 aromatic rings. The molecule has 0 aromatic heterocycles. The SMILES string of the molecule is CC(C)NS(=O)(=O)Cc1ccccc1CN=C(N)NC1CC1.I. The second-order valence-electron chi connectivity index (χ2n) is 5.92. The molecule has 0 atom stereocenters. The highest BCUT2D eigenvalue weighted by Crippen LogP contribution is 2.18. The third kappa shape index (κ3) is 7.49. The van der Waals surface area contributed by atoms with Crippen molar-refractivity contribution in [2.24, 2.45) is 10.7 Å². The number of halogens is 1. The maximum absolute atomic E-state index is 12.1. The van der Waals surface area contributed by atoms with E-state index in [4.69, 9.17) is 5.73 Å². The topological polar surface area (TPSA) is 96.6 Å². The van der Waals surface area contributed by atoms with Gasteiger partial charge >= 0.3 is 0 Å². The van der Waals surface area contributed by atoms with Crippen molar-refractivity contribution in [1.29, 1.82) is 0 Å². The number of sulfonamides is 1. The number of rotatable bonds is 7. The lowest BCUT2D eigenvalue weighted by molar-refractivity contribution is 0.569. The van der Waals surface area contributed by atoms with E-state index in [-0.39, 0.29) is 35.8 Å². The lowest BCUT2D eigenvalue weighted by atomic mass is 10.1. The summed E-state index contributed by atoms with van der Waals surface area (Å²) in [5.74, 6) is 0.368. The van der Waals surface area contributed by atoms with Crippen molar-refractivity contribution in [3.8, 4) is 0 Å². The van der Waals surface area contributed by atoms with Crippen LogP contribution in [-0.2, 0) is 22.3 Å². The molecule has 23 heavy (non-hydrogen) atoms. The Kier molecular flexibility index (Phi) is 7.75. The van der Waals surface area contributed by atoms with Gasteiger partial charge in [0.15, 0.2) is 5.96 Å². The van der Waals surface area contributed by atoms with Gasteiger partial charge in [0.25, 0.3) is 0 Å². The van der Waals surface area contributed by atoms with E-state index in [1.165, 1.54) is 0 Å². The Balaban J connectivity index is 0.00000264. The molecule has 0 saturated heterocycles. The predicted octanol–water partition coefficient (Wildman–Crippen LogP) is 1.70. The Morgan fingerprint density at radius 3 is 2.48 bits per heavy atom. The third-order valence-corrected chi connectivity index (χ3v) is 4.75. The van der Waals surface area contributed by atoms with Crippen LogP contribution >= 0.6 is 24.0 Å². The summed E-state index contributed by atoms with van der Waals surface area (Å²) in [4.78, 5) is 4.29. The van der Waals surface area contributed by atoms with E-state index in [1.54, 1.807) is 13.8 Å². The molecule has 1 aromatic carbocycles. The fourth-order valence-corrected chi connectivity index (χ4v) is 3.60. The molecule has 0 heterocycles. The van der Waals surface area contributed by atoms with Gasteiger partial charge in [0, 0.05) is 12.1 Å². The molecular weight excluding hydrogens is 427 g/mol. The maximum atomic E-state index is 12.1. The van der Waals surface area contributed by atoms with Gasteiger partial charge in [-0.15, -0.1) is 24.0 Å². The zero-order valence-electron chi connectivity index (χ0n) is 13.5. The van der Waals surface area contributed by atoms with Gasteiger partial charge in [-0.2, -0.15) is 0 Å². The minimum absolute atomic E-state index is 0. The largest absolute Gasteiger partial charge is 0.370 e. The summed E-state index contributed by atoms with van der Waals surface area (Å²) in [6.07, 6.45) is 2.26. The van der Waals surface area contributed by atoms with Gasteiger partial charge in [-0.25, -0.2) is 18.1 Å². The molecular formula is C15H25IN4O2S. The average molecular weight is 452 g/mol. The summed E-state index contributed by atoms with van der Waals surface area (Å²) in [6.45, 7) is 3.98. The lowest BCUT2D eigenvalue weighted by Crippen LogP contribution is -2.33. The van der Waals surface area contributed by atoms with Crippen LogP contribution in [0.15, 0.2) is 29.3 Å². The monoisotopic (exact) mass is 452 g/mol. The van der Waals surface area contributed by atoms with Gasteiger partial charge in [-0.3, -0.25) is 0 Å². The van der Waals surface area contributed by atoms with Gasteiger partial charge < -0.3 is 11.1 Å². The van der Waals surface area contributed by atoms with Crippen LogP contribution in [0, 0.1) is 0 Å². The van der Waals surface area contributed by atoms with E-state index in [9.17, 15) is 8.42 Å². The molecule has 1 aliphatic carbocycles. The van der Waals surface area contributed by atoms with E-state index in [2.05, 4.69) is 15.0 Å². The third-order valence-electron chi connectivity index (χ3n) is 3.23. The van der Waals surface area contributed by atoms with Crippen molar-refractivity contribution in [2.75, 3.05) is 0 Å². The molecule has 8 heteroatoms. The molecule has 4 N–H and O–H groups in total. The number of nitrogens with one attached hydrogen (secondary N) is 2. The molecule has 0 spiro atoms. The van der Waals surface area contributed by atoms with Crippen LogP contribution in [0.3, 0.4) is 0 Å². The molecule has 1 saturated carbocycles. The first-order chi connectivity index (χ1) is 10.4. The zero-order chi connectivity index (χ0) is 16.2. The normalized spacial score (nSPS) is 15.3. The lowest BCUT2D eigenvalue weighted by Gasteiger charge is -2.12. The Bertz CT molecular complexity index is 643. The van der Waals surface area contributed by atoms with Crippen LogP contribution in [0.5, 0.6) is 0 Å². The second-order valence-corrected chi connectivity index (χ2v) is 7.67. The summed E-state index contributed by atoms with van der Waals surface area (Å²) in [6, 6.07) is 7.74. The first kappa shape index (κ1) is 20.2. The second kappa shape index (κ2) is 8.84. The number of hydrogen-bond acceptors (Lipinski definition) is 3. The summed E-state index contributed by atoms with van der Waals surface area (Å²) in [5.41, 5.74) is 7.44. The van der Waals surface area contributed by atoms with Crippen LogP contribution in [0.1, 0.15) is 37.8 Å². The molecule has 2 rings (SSSR count). The molecule has 6 nitrogen and oxygen atoms in total. The van der Waals surface area contributed by atoms with Crippen molar-refractivity contribution < 1.29 is 8.42 Å². The maximum Gasteiger partial charge on any atom is 0.216 e. The number of nitrogens with zero attached hydrogens (tertiary/aromatic N) is 1. The molecule has 0 unspecified atom stereocenters. The van der Waals surface area contributed by atoms with Gasteiger partial charge in [0.2, 0.25) is 10.0 Å². The quantitative estimate of drug-likeness (QED) is 0.333. The minimum Gasteiger partial charge on any atom is -0.370 e. The molecule has 0 amide bonds. The molecule has 0 radical (unpaired) electrons. The Morgan fingerprint density at radius 1 is 1.30 bits per heavy atom. The highest BCUT2D eigenvalue weighted by molar-refractivity contribution is 14.0. The fourth-order valence-electron chi connectivity index (χ4n) is 2.11. The van der Waals surface area contributed by atoms with E-state index in [0.29, 0.717) is 18.5 Å². The molecule has 0 aliphatic heterocycles. The first-order valence-electron chi connectivity index (χ1n) is 7.49. The molecule has 1 fully saturated rings. The fraction of sp³-hybridized carbons (Fsp3) is 0.533. The van der Waals surface area contributed by atoms with Crippen molar-refractivity contribution >= 4 is 40.0 Å². The zero-order valence-corrected chi connectivity index (χ0v) is 16.6. The molecule has 0 bridgehead atoms. The van der Waals surface area contributed by atoms with Gasteiger partial charge in [0.1, 0.15) is 0 Å². The number of guanidine groups is 1. The number of nitrogens with two attached hydrogens (primary N) is 1. The van der Waals surface area contributed by atoms with Crippen LogP contribution in [0.4, 0.5) is 0 Å². The minimum atomic E-state index is -3.35. The van der Waals surface area contributed by atoms with Crippen LogP contribution in [-0.4, -0.2) is 26.5 Å². The number of hydrogen-bond donors (Lipinski definition) is 3. The van der Waals surface area contributed by atoms with Crippen LogP contribution < -0.4 is 15.8 Å². The van der Waals surface area contributed by atoms with Gasteiger partial charge in [0.05, 0.1) is 12.3 Å². The average Bonchev–Trinajstić information content (AvgIpc) is 3.19. The predicted molar refractivity (Wildman–Crippen MR) is 104 cm³/mol. The summed E-state index contributed by atoms with van der Waals surface area (Å²) in [7, 11) is -3.35. The van der Waals surface area contributed by atoms with Crippen molar-refractivity contribution in [3.63, 3.8) is 0 Å². The molecule has 130 valence electrons. The highest BCUT2D eigenvalue weighted by Gasteiger charge is 2.21. The highest BCUT2D eigenvalue weighted by atomic mass is 127. The molecule has 1 aliphatic rings. The van der Waals surface area contributed by atoms with Crippen molar-refractivity contribution in [2.45, 2.75) is 51.1 Å². The standard InChI is InChI=1S/C15H24N4O2S.HI/c1-11(2)19-22(20,21)10-13-6-4-3-5-12(13)9-17-15(16)18-14-7-8-14;/h3-6,11,14,19H,7-10H2,1-2H3,(H3,16,17,18);1H. The summed E-state index contributed by atoms with van der Waals surface area (Å²) >= 11 is 0. The van der Waals surface area contributed by atoms with Crippen molar-refractivity contribution in [3.05, 3.63) is 35.4 Å². The van der Waals surface area contributed by atoms with Crippen molar-refractivity contribution in [1.82, 2.24) is 10.0 Å². The number of benzene rings is 1. The Labute approximate surface area is 155 Å². The van der Waals surface area contributed by atoms with E-state index >= 15 is 0 Å². The van der Waals surface area contributed by atoms with E-state index in [1.807, 2.05) is 24.3 Å².